The van der Waals surface area contributed by atoms with Crippen LogP contribution in [-0.4, -0.2) is 51.8 Å². The molecule has 1 aromatic rings. The summed E-state index contributed by atoms with van der Waals surface area (Å²) in [4.78, 5) is 16.7. The molecule has 2 heterocycles. The Kier molecular flexibility index (Phi) is 5.20. The highest BCUT2D eigenvalue weighted by atomic mass is 16.6. The smallest absolute Gasteiger partial charge is 0.410 e. The van der Waals surface area contributed by atoms with Crippen LogP contribution in [-0.2, 0) is 11.3 Å². The van der Waals surface area contributed by atoms with Gasteiger partial charge in [-0.3, -0.25) is 4.90 Å². The summed E-state index contributed by atoms with van der Waals surface area (Å²) < 4.78 is 5.52. The zero-order valence-corrected chi connectivity index (χ0v) is 16.5. The van der Waals surface area contributed by atoms with Crippen molar-refractivity contribution in [2.45, 2.75) is 71.1 Å². The minimum atomic E-state index is -0.446. The zero-order valence-electron chi connectivity index (χ0n) is 16.5. The zero-order chi connectivity index (χ0) is 18.9. The fourth-order valence-corrected chi connectivity index (χ4v) is 4.39. The van der Waals surface area contributed by atoms with E-state index in [0.717, 1.165) is 44.6 Å². The molecule has 0 radical (unpaired) electrons. The number of aromatic hydroxyl groups is 1. The minimum absolute atomic E-state index is 0.178. The van der Waals surface area contributed by atoms with Crippen LogP contribution in [0.3, 0.4) is 0 Å². The summed E-state index contributed by atoms with van der Waals surface area (Å²) in [6.07, 6.45) is 4.17. The SMILES string of the molecule is Cc1cc(O)cc(CN2CCCC23CCN(C(=O)OC(C)(C)C)CC3)c1. The van der Waals surface area contributed by atoms with Gasteiger partial charge in [-0.15, -0.1) is 0 Å². The van der Waals surface area contributed by atoms with Crippen LogP contribution in [0.4, 0.5) is 4.79 Å². The van der Waals surface area contributed by atoms with Crippen molar-refractivity contribution < 1.29 is 14.6 Å². The lowest BCUT2D eigenvalue weighted by Crippen LogP contribution is -2.53. The average Bonchev–Trinajstić information content (AvgIpc) is 2.87. The molecule has 3 rings (SSSR count). The molecule has 2 fully saturated rings. The Balaban J connectivity index is 1.64. The molecule has 26 heavy (non-hydrogen) atoms. The number of carbonyl (C=O) groups is 1. The Hall–Kier alpha value is -1.75. The number of amides is 1. The molecule has 0 bridgehead atoms. The first-order valence-corrected chi connectivity index (χ1v) is 9.69. The highest BCUT2D eigenvalue weighted by Gasteiger charge is 2.44. The number of rotatable bonds is 2. The first kappa shape index (κ1) is 19.0. The summed E-state index contributed by atoms with van der Waals surface area (Å²) in [5.41, 5.74) is 1.99. The number of piperidine rings is 1. The Morgan fingerprint density at radius 1 is 1.15 bits per heavy atom. The molecule has 1 N–H and O–H groups in total. The van der Waals surface area contributed by atoms with Gasteiger partial charge in [-0.05, 0) is 83.2 Å². The number of likely N-dealkylation sites (tertiary alicyclic amines) is 2. The molecule has 1 amide bonds. The normalized spacial score (nSPS) is 20.5. The number of aryl methyl sites for hydroxylation is 1. The summed E-state index contributed by atoms with van der Waals surface area (Å²) >= 11 is 0. The summed E-state index contributed by atoms with van der Waals surface area (Å²) in [7, 11) is 0. The number of phenolic OH excluding ortho intramolecular Hbond substituents is 1. The molecule has 5 heteroatoms. The standard InChI is InChI=1S/C21H32N2O3/c1-16-12-17(14-18(24)13-16)15-23-9-5-6-21(23)7-10-22(11-8-21)19(25)26-20(2,3)4/h12-14,24H,5-11,15H2,1-4H3. The van der Waals surface area contributed by atoms with Gasteiger partial charge in [0.15, 0.2) is 0 Å². The predicted octanol–water partition coefficient (Wildman–Crippen LogP) is 4.07. The van der Waals surface area contributed by atoms with Crippen molar-refractivity contribution in [2.24, 2.45) is 0 Å². The molecular formula is C21H32N2O3. The van der Waals surface area contributed by atoms with Crippen LogP contribution in [0.25, 0.3) is 0 Å². The molecule has 0 aromatic heterocycles. The summed E-state index contributed by atoms with van der Waals surface area (Å²) in [6, 6.07) is 5.82. The van der Waals surface area contributed by atoms with E-state index < -0.39 is 5.60 Å². The maximum absolute atomic E-state index is 12.3. The quantitative estimate of drug-likeness (QED) is 0.864. The number of phenols is 1. The molecule has 5 nitrogen and oxygen atoms in total. The number of nitrogens with zero attached hydrogens (tertiary/aromatic N) is 2. The van der Waals surface area contributed by atoms with Crippen LogP contribution in [0.2, 0.25) is 0 Å². The van der Waals surface area contributed by atoms with Crippen molar-refractivity contribution in [1.82, 2.24) is 9.80 Å². The van der Waals surface area contributed by atoms with E-state index in [1.54, 1.807) is 6.07 Å². The lowest BCUT2D eigenvalue weighted by atomic mass is 9.85. The average molecular weight is 360 g/mol. The van der Waals surface area contributed by atoms with E-state index in [9.17, 15) is 9.90 Å². The number of ether oxygens (including phenoxy) is 1. The molecule has 2 saturated heterocycles. The number of carbonyl (C=O) groups excluding carboxylic acids is 1. The first-order chi connectivity index (χ1) is 12.2. The van der Waals surface area contributed by atoms with Gasteiger partial charge in [0.25, 0.3) is 0 Å². The van der Waals surface area contributed by atoms with Gasteiger partial charge in [0.2, 0.25) is 0 Å². The van der Waals surface area contributed by atoms with E-state index >= 15 is 0 Å². The fourth-order valence-electron chi connectivity index (χ4n) is 4.39. The Bertz CT molecular complexity index is 637. The highest BCUT2D eigenvalue weighted by Crippen LogP contribution is 2.39. The van der Waals surface area contributed by atoms with E-state index in [-0.39, 0.29) is 11.6 Å². The van der Waals surface area contributed by atoms with Gasteiger partial charge >= 0.3 is 6.09 Å². The third-order valence-corrected chi connectivity index (χ3v) is 5.58. The van der Waals surface area contributed by atoms with Crippen molar-refractivity contribution in [3.8, 4) is 5.75 Å². The number of hydrogen-bond donors (Lipinski definition) is 1. The van der Waals surface area contributed by atoms with Crippen molar-refractivity contribution in [2.75, 3.05) is 19.6 Å². The second kappa shape index (κ2) is 7.10. The Morgan fingerprint density at radius 3 is 2.46 bits per heavy atom. The second-order valence-corrected chi connectivity index (χ2v) is 8.89. The Morgan fingerprint density at radius 2 is 1.85 bits per heavy atom. The van der Waals surface area contributed by atoms with Gasteiger partial charge in [0.05, 0.1) is 0 Å². The van der Waals surface area contributed by atoms with E-state index in [4.69, 9.17) is 4.74 Å². The van der Waals surface area contributed by atoms with Gasteiger partial charge in [0, 0.05) is 25.2 Å². The Labute approximate surface area is 156 Å². The van der Waals surface area contributed by atoms with Crippen LogP contribution >= 0.6 is 0 Å². The molecule has 1 spiro atoms. The summed E-state index contributed by atoms with van der Waals surface area (Å²) in [5, 5.41) is 9.88. The minimum Gasteiger partial charge on any atom is -0.508 e. The van der Waals surface area contributed by atoms with Crippen LogP contribution in [0.15, 0.2) is 18.2 Å². The van der Waals surface area contributed by atoms with Crippen molar-refractivity contribution in [3.63, 3.8) is 0 Å². The highest BCUT2D eigenvalue weighted by molar-refractivity contribution is 5.68. The molecule has 0 aliphatic carbocycles. The molecule has 0 atom stereocenters. The van der Waals surface area contributed by atoms with Crippen molar-refractivity contribution in [3.05, 3.63) is 29.3 Å². The third kappa shape index (κ3) is 4.32. The second-order valence-electron chi connectivity index (χ2n) is 8.89. The molecule has 0 unspecified atom stereocenters. The number of hydrogen-bond acceptors (Lipinski definition) is 4. The molecule has 2 aliphatic rings. The maximum atomic E-state index is 12.3. The molecule has 1 aromatic carbocycles. The van der Waals surface area contributed by atoms with Gasteiger partial charge in [-0.25, -0.2) is 4.79 Å². The van der Waals surface area contributed by atoms with E-state index in [1.165, 1.54) is 18.4 Å². The molecule has 2 aliphatic heterocycles. The topological polar surface area (TPSA) is 53.0 Å². The maximum Gasteiger partial charge on any atom is 0.410 e. The van der Waals surface area contributed by atoms with Gasteiger partial charge in [0.1, 0.15) is 11.4 Å². The van der Waals surface area contributed by atoms with Crippen molar-refractivity contribution >= 4 is 6.09 Å². The van der Waals surface area contributed by atoms with Crippen LogP contribution in [0.5, 0.6) is 5.75 Å². The molecule has 144 valence electrons. The van der Waals surface area contributed by atoms with Crippen LogP contribution < -0.4 is 0 Å². The molecular weight excluding hydrogens is 328 g/mol. The number of benzene rings is 1. The van der Waals surface area contributed by atoms with Crippen LogP contribution in [0, 0.1) is 6.92 Å². The van der Waals surface area contributed by atoms with Gasteiger partial charge in [-0.2, -0.15) is 0 Å². The predicted molar refractivity (Wildman–Crippen MR) is 102 cm³/mol. The third-order valence-electron chi connectivity index (χ3n) is 5.58. The van der Waals surface area contributed by atoms with Crippen molar-refractivity contribution in [1.29, 1.82) is 0 Å². The van der Waals surface area contributed by atoms with E-state index in [1.807, 2.05) is 38.7 Å². The summed E-state index contributed by atoms with van der Waals surface area (Å²) in [5.74, 6) is 0.341. The van der Waals surface area contributed by atoms with Gasteiger partial charge in [-0.1, -0.05) is 6.07 Å². The van der Waals surface area contributed by atoms with Gasteiger partial charge < -0.3 is 14.7 Å². The molecule has 0 saturated carbocycles. The summed E-state index contributed by atoms with van der Waals surface area (Å²) in [6.45, 7) is 11.2. The lowest BCUT2D eigenvalue weighted by Gasteiger charge is -2.45. The van der Waals surface area contributed by atoms with E-state index in [0.29, 0.717) is 5.75 Å². The monoisotopic (exact) mass is 360 g/mol. The van der Waals surface area contributed by atoms with Crippen LogP contribution in [0.1, 0.15) is 57.6 Å². The fraction of sp³-hybridized carbons (Fsp3) is 0.667. The lowest BCUT2D eigenvalue weighted by molar-refractivity contribution is 0.00163. The largest absolute Gasteiger partial charge is 0.508 e. The van der Waals surface area contributed by atoms with E-state index in [2.05, 4.69) is 11.0 Å². The first-order valence-electron chi connectivity index (χ1n) is 9.69.